The van der Waals surface area contributed by atoms with Gasteiger partial charge in [0.15, 0.2) is 0 Å². The molecule has 1 aliphatic heterocycles. The molecule has 3 aliphatic carbocycles. The van der Waals surface area contributed by atoms with E-state index in [1.165, 1.54) is 11.9 Å². The third-order valence-electron chi connectivity index (χ3n) is 8.66. The molecular formula is C21H20N4O2. The van der Waals surface area contributed by atoms with Gasteiger partial charge in [-0.05, 0) is 23.5 Å². The number of fused-ring (bicyclic) bond motifs is 5. The molecule has 4 aliphatic rings. The van der Waals surface area contributed by atoms with Crippen LogP contribution < -0.4 is 0 Å². The van der Waals surface area contributed by atoms with Crippen molar-refractivity contribution in [1.82, 2.24) is 9.80 Å². The number of rotatable bonds is 0. The molecule has 6 unspecified atom stereocenters. The molecule has 27 heavy (non-hydrogen) atoms. The molecular weight excluding hydrogens is 340 g/mol. The van der Waals surface area contributed by atoms with Gasteiger partial charge in [-0.3, -0.25) is 9.69 Å². The van der Waals surface area contributed by atoms with Crippen LogP contribution in [0.25, 0.3) is 0 Å². The van der Waals surface area contributed by atoms with Crippen LogP contribution in [0.5, 0.6) is 0 Å². The van der Waals surface area contributed by atoms with Crippen LogP contribution in [0, 0.1) is 39.4 Å². The number of imide groups is 1. The summed E-state index contributed by atoms with van der Waals surface area (Å²) in [6.45, 7) is 3.99. The molecule has 136 valence electrons. The Morgan fingerprint density at radius 2 is 1.74 bits per heavy atom. The van der Waals surface area contributed by atoms with E-state index in [1.54, 1.807) is 11.9 Å². The van der Waals surface area contributed by atoms with Crippen molar-refractivity contribution in [2.24, 2.45) is 16.7 Å². The van der Waals surface area contributed by atoms with E-state index in [1.807, 2.05) is 38.1 Å². The lowest BCUT2D eigenvalue weighted by Gasteiger charge is -2.74. The third-order valence-corrected chi connectivity index (χ3v) is 8.66. The molecule has 1 saturated heterocycles. The van der Waals surface area contributed by atoms with E-state index in [-0.39, 0.29) is 11.8 Å². The fourth-order valence-corrected chi connectivity index (χ4v) is 7.48. The molecule has 0 N–H and O–H groups in total. The van der Waals surface area contributed by atoms with Crippen LogP contribution in [0.1, 0.15) is 31.4 Å². The van der Waals surface area contributed by atoms with Gasteiger partial charge in [0, 0.05) is 19.5 Å². The van der Waals surface area contributed by atoms with Crippen LogP contribution >= 0.6 is 0 Å². The largest absolute Gasteiger partial charge is 0.326 e. The SMILES string of the molecule is CC1C2(C#N)CC34C(=O)N(C)C(=O)N(C)C3C(C#N)(c3ccccc32)C14C. The van der Waals surface area contributed by atoms with Crippen LogP contribution in [0.2, 0.25) is 0 Å². The maximum Gasteiger partial charge on any atom is 0.326 e. The zero-order chi connectivity index (χ0) is 19.6. The summed E-state index contributed by atoms with van der Waals surface area (Å²) in [5, 5.41) is 20.8. The van der Waals surface area contributed by atoms with Gasteiger partial charge < -0.3 is 4.90 Å². The molecule has 1 aromatic carbocycles. The lowest BCUT2D eigenvalue weighted by atomic mass is 9.30. The summed E-state index contributed by atoms with van der Waals surface area (Å²) in [4.78, 5) is 29.0. The molecule has 5 rings (SSSR count). The second-order valence-electron chi connectivity index (χ2n) is 8.78. The van der Waals surface area contributed by atoms with Crippen molar-refractivity contribution in [2.45, 2.75) is 37.1 Å². The van der Waals surface area contributed by atoms with Gasteiger partial charge in [-0.2, -0.15) is 10.5 Å². The highest BCUT2D eigenvalue weighted by Gasteiger charge is 2.93. The number of likely N-dealkylation sites (N-methyl/N-ethyl adjacent to an activating group) is 1. The highest BCUT2D eigenvalue weighted by Crippen LogP contribution is 2.85. The number of nitriles is 2. The van der Waals surface area contributed by atoms with Crippen LogP contribution in [0.3, 0.4) is 0 Å². The minimum atomic E-state index is -0.999. The quantitative estimate of drug-likeness (QED) is 0.709. The first-order valence-electron chi connectivity index (χ1n) is 9.20. The van der Waals surface area contributed by atoms with E-state index >= 15 is 0 Å². The molecule has 6 heteroatoms. The zero-order valence-electron chi connectivity index (χ0n) is 15.8. The maximum absolute atomic E-state index is 13.5. The second-order valence-corrected chi connectivity index (χ2v) is 8.78. The number of urea groups is 1. The summed E-state index contributed by atoms with van der Waals surface area (Å²) in [5.41, 5.74) is -1.82. The average Bonchev–Trinajstić information content (AvgIpc) is 2.77. The van der Waals surface area contributed by atoms with Gasteiger partial charge in [-0.1, -0.05) is 38.1 Å². The summed E-state index contributed by atoms with van der Waals surface area (Å²) in [6.07, 6.45) is 0.347. The minimum absolute atomic E-state index is 0.181. The summed E-state index contributed by atoms with van der Waals surface area (Å²) in [7, 11) is 3.18. The van der Waals surface area contributed by atoms with Crippen molar-refractivity contribution in [3.05, 3.63) is 35.4 Å². The predicted molar refractivity (Wildman–Crippen MR) is 95.1 cm³/mol. The highest BCUT2D eigenvalue weighted by atomic mass is 16.2. The number of amides is 3. The molecule has 6 atom stereocenters. The topological polar surface area (TPSA) is 88.2 Å². The Balaban J connectivity index is 1.96. The Bertz CT molecular complexity index is 1040. The van der Waals surface area contributed by atoms with E-state index < -0.39 is 33.7 Å². The summed E-state index contributed by atoms with van der Waals surface area (Å²) in [5.74, 6) is -0.430. The van der Waals surface area contributed by atoms with E-state index in [0.29, 0.717) is 6.42 Å². The summed E-state index contributed by atoms with van der Waals surface area (Å²) >= 11 is 0. The van der Waals surface area contributed by atoms with E-state index in [9.17, 15) is 20.1 Å². The third kappa shape index (κ3) is 1.12. The molecule has 0 radical (unpaired) electrons. The lowest BCUT2D eigenvalue weighted by molar-refractivity contribution is -0.217. The molecule has 6 nitrogen and oxygen atoms in total. The molecule has 1 aromatic rings. The number of hydrogen-bond acceptors (Lipinski definition) is 4. The lowest BCUT2D eigenvalue weighted by Crippen LogP contribution is -2.87. The average molecular weight is 360 g/mol. The molecule has 1 heterocycles. The van der Waals surface area contributed by atoms with Crippen molar-refractivity contribution in [2.75, 3.05) is 14.1 Å². The van der Waals surface area contributed by atoms with E-state index in [2.05, 4.69) is 12.1 Å². The first-order chi connectivity index (χ1) is 12.7. The first-order valence-corrected chi connectivity index (χ1v) is 9.20. The number of nitrogens with zero attached hydrogens (tertiary/aromatic N) is 4. The first kappa shape index (κ1) is 16.3. The Labute approximate surface area is 158 Å². The fourth-order valence-electron chi connectivity index (χ4n) is 7.48. The Morgan fingerprint density at radius 1 is 1.11 bits per heavy atom. The number of carbonyl (C=O) groups excluding carboxylic acids is 2. The fraction of sp³-hybridized carbons (Fsp3) is 0.524. The van der Waals surface area contributed by atoms with Gasteiger partial charge in [-0.15, -0.1) is 0 Å². The van der Waals surface area contributed by atoms with Gasteiger partial charge in [0.05, 0.1) is 29.0 Å². The van der Waals surface area contributed by atoms with Crippen molar-refractivity contribution in [1.29, 1.82) is 10.5 Å². The maximum atomic E-state index is 13.5. The second kappa shape index (κ2) is 4.17. The van der Waals surface area contributed by atoms with Crippen molar-refractivity contribution >= 4 is 11.9 Å². The number of carbonyl (C=O) groups is 2. The Hall–Kier alpha value is -2.86. The predicted octanol–water partition coefficient (Wildman–Crippen LogP) is 2.16. The Kier molecular flexibility index (Phi) is 2.52. The minimum Gasteiger partial charge on any atom is -0.321 e. The Morgan fingerprint density at radius 3 is 2.33 bits per heavy atom. The van der Waals surface area contributed by atoms with Gasteiger partial charge in [0.2, 0.25) is 5.91 Å². The van der Waals surface area contributed by atoms with Crippen molar-refractivity contribution in [3.63, 3.8) is 0 Å². The normalized spacial score (nSPS) is 46.1. The number of hydrogen-bond donors (Lipinski definition) is 0. The van der Waals surface area contributed by atoms with Crippen LogP contribution in [0.15, 0.2) is 24.3 Å². The summed E-state index contributed by atoms with van der Waals surface area (Å²) < 4.78 is 0. The molecule has 1 spiro atoms. The van der Waals surface area contributed by atoms with Gasteiger partial charge in [0.25, 0.3) is 0 Å². The van der Waals surface area contributed by atoms with E-state index in [4.69, 9.17) is 0 Å². The molecule has 3 fully saturated rings. The number of benzene rings is 1. The monoisotopic (exact) mass is 360 g/mol. The molecule has 2 bridgehead atoms. The van der Waals surface area contributed by atoms with E-state index in [0.717, 1.165) is 11.1 Å². The molecule has 2 saturated carbocycles. The standard InChI is InChI=1S/C21H20N4O2/c1-12-18(2)20-9-19(12,10-22)13-7-5-6-8-14(13)21(18,11-23)15(20)24(3)17(27)25(4)16(20)26/h5-8,12,15H,9H2,1-4H3. The van der Waals surface area contributed by atoms with Crippen molar-refractivity contribution in [3.8, 4) is 12.1 Å². The van der Waals surface area contributed by atoms with Crippen molar-refractivity contribution < 1.29 is 9.59 Å². The van der Waals surface area contributed by atoms with Crippen LogP contribution in [0.4, 0.5) is 4.79 Å². The smallest absolute Gasteiger partial charge is 0.321 e. The summed E-state index contributed by atoms with van der Waals surface area (Å²) in [6, 6.07) is 11.7. The van der Waals surface area contributed by atoms with Gasteiger partial charge >= 0.3 is 6.03 Å². The highest BCUT2D eigenvalue weighted by molar-refractivity contribution is 6.04. The molecule has 3 amide bonds. The van der Waals surface area contributed by atoms with Crippen LogP contribution in [-0.2, 0) is 15.6 Å². The zero-order valence-corrected chi connectivity index (χ0v) is 15.8. The van der Waals surface area contributed by atoms with Gasteiger partial charge in [0.1, 0.15) is 5.41 Å². The van der Waals surface area contributed by atoms with Gasteiger partial charge in [-0.25, -0.2) is 4.79 Å². The van der Waals surface area contributed by atoms with Crippen LogP contribution in [-0.4, -0.2) is 41.9 Å². The molecule has 0 aromatic heterocycles.